The lowest BCUT2D eigenvalue weighted by Crippen LogP contribution is -1.73. The average Bonchev–Trinajstić information content (AvgIpc) is 2.13. The fourth-order valence-electron chi connectivity index (χ4n) is 0.402. The Kier molecular flexibility index (Phi) is 1.78. The Morgan fingerprint density at radius 3 is 2.78 bits per heavy atom. The van der Waals surface area contributed by atoms with Gasteiger partial charge in [-0.1, -0.05) is 12.8 Å². The van der Waals surface area contributed by atoms with Gasteiger partial charge in [0.2, 0.25) is 0 Å². The summed E-state index contributed by atoms with van der Waals surface area (Å²) in [4.78, 5) is 3.77. The second-order valence-electron chi connectivity index (χ2n) is 1.35. The van der Waals surface area contributed by atoms with Gasteiger partial charge in [0.1, 0.15) is 6.07 Å². The number of imidazole rings is 1. The third-order valence-electron chi connectivity index (χ3n) is 0.761. The molecule has 0 unspecified atom stereocenters. The number of nitriles is 1. The van der Waals surface area contributed by atoms with Crippen molar-refractivity contribution in [1.29, 1.82) is 5.26 Å². The molecule has 0 aliphatic carbocycles. The molecular weight excluding hydrogens is 202 g/mol. The first-order valence-corrected chi connectivity index (χ1v) is 3.27. The number of hydrogen-bond acceptors (Lipinski definition) is 3. The molecule has 0 saturated carbocycles. The molecule has 1 aromatic rings. The van der Waals surface area contributed by atoms with E-state index in [1.165, 1.54) is 10.2 Å². The average molecular weight is 204 g/mol. The summed E-state index contributed by atoms with van der Waals surface area (Å²) in [7, 11) is 0. The Bertz CT molecular complexity index is 242. The van der Waals surface area contributed by atoms with Crippen molar-refractivity contribution in [3.8, 4) is 6.07 Å². The summed E-state index contributed by atoms with van der Waals surface area (Å²) in [6.07, 6.45) is 1.52. The molecule has 0 spiro atoms. The molecule has 1 rings (SSSR count). The molecule has 0 N–H and O–H groups in total. The zero-order valence-corrected chi connectivity index (χ0v) is 6.72. The van der Waals surface area contributed by atoms with E-state index in [1.54, 1.807) is 0 Å². The molecule has 46 valence electrons. The zero-order valence-electron chi connectivity index (χ0n) is 4.24. The standard InChI is InChI=1S/C4H2BrN3S/c5-4-7-3(1-6)2-8(4)9/h2,9H. The van der Waals surface area contributed by atoms with E-state index in [2.05, 4.69) is 33.7 Å². The maximum absolute atomic E-state index is 8.29. The van der Waals surface area contributed by atoms with Crippen molar-refractivity contribution in [2.45, 2.75) is 0 Å². The highest BCUT2D eigenvalue weighted by molar-refractivity contribution is 9.10. The van der Waals surface area contributed by atoms with Crippen LogP contribution in [-0.2, 0) is 0 Å². The molecule has 0 aliphatic rings. The Labute approximate surface area is 66.0 Å². The van der Waals surface area contributed by atoms with Gasteiger partial charge in [-0.05, 0) is 15.9 Å². The molecule has 3 nitrogen and oxygen atoms in total. The molecular formula is C4H2BrN3S. The number of hydrogen-bond donors (Lipinski definition) is 1. The van der Waals surface area contributed by atoms with Gasteiger partial charge >= 0.3 is 0 Å². The molecule has 0 amide bonds. The highest BCUT2D eigenvalue weighted by Crippen LogP contribution is 2.09. The summed E-state index contributed by atoms with van der Waals surface area (Å²) in [6.45, 7) is 0. The first-order valence-electron chi connectivity index (χ1n) is 2.08. The second-order valence-corrected chi connectivity index (χ2v) is 2.49. The number of halogens is 1. The molecule has 5 heteroatoms. The zero-order chi connectivity index (χ0) is 6.85. The van der Waals surface area contributed by atoms with Crippen LogP contribution in [0.1, 0.15) is 5.69 Å². The van der Waals surface area contributed by atoms with Crippen molar-refractivity contribution >= 4 is 28.7 Å². The lowest BCUT2D eigenvalue weighted by molar-refractivity contribution is 1.17. The molecule has 0 saturated heterocycles. The number of aromatic nitrogens is 2. The van der Waals surface area contributed by atoms with Crippen molar-refractivity contribution < 1.29 is 0 Å². The van der Waals surface area contributed by atoms with Crippen molar-refractivity contribution in [1.82, 2.24) is 8.96 Å². The summed E-state index contributed by atoms with van der Waals surface area (Å²) in [6, 6.07) is 1.88. The monoisotopic (exact) mass is 203 g/mol. The lowest BCUT2D eigenvalue weighted by Gasteiger charge is -1.83. The van der Waals surface area contributed by atoms with Crippen LogP contribution in [0.5, 0.6) is 0 Å². The van der Waals surface area contributed by atoms with Gasteiger partial charge in [-0.2, -0.15) is 5.26 Å². The SMILES string of the molecule is N#Cc1cn(S)c(Br)n1. The summed E-state index contributed by atoms with van der Waals surface area (Å²) in [5, 5.41) is 8.29. The molecule has 0 aliphatic heterocycles. The first-order chi connectivity index (χ1) is 4.24. The topological polar surface area (TPSA) is 41.6 Å². The van der Waals surface area contributed by atoms with Gasteiger partial charge in [0.05, 0.1) is 6.20 Å². The molecule has 0 fully saturated rings. The third-order valence-corrected chi connectivity index (χ3v) is 1.90. The van der Waals surface area contributed by atoms with Crippen molar-refractivity contribution in [3.05, 3.63) is 16.6 Å². The highest BCUT2D eigenvalue weighted by Gasteiger charge is 1.98. The summed E-state index contributed by atoms with van der Waals surface area (Å²) in [5.41, 5.74) is 0.358. The first kappa shape index (κ1) is 6.65. The van der Waals surface area contributed by atoms with Crippen LogP contribution >= 0.6 is 28.7 Å². The van der Waals surface area contributed by atoms with Crippen molar-refractivity contribution in [2.75, 3.05) is 0 Å². The maximum Gasteiger partial charge on any atom is 0.188 e. The molecule has 0 atom stereocenters. The summed E-state index contributed by atoms with van der Waals surface area (Å²) < 4.78 is 1.97. The summed E-state index contributed by atoms with van der Waals surface area (Å²) in [5.74, 6) is 0. The van der Waals surface area contributed by atoms with Gasteiger partial charge in [-0.3, -0.25) is 3.97 Å². The molecule has 1 heterocycles. The number of nitrogens with zero attached hydrogens (tertiary/aromatic N) is 3. The van der Waals surface area contributed by atoms with Crippen LogP contribution in [0, 0.1) is 11.3 Å². The second kappa shape index (κ2) is 2.42. The van der Waals surface area contributed by atoms with Crippen LogP contribution in [0.2, 0.25) is 0 Å². The van der Waals surface area contributed by atoms with E-state index in [0.717, 1.165) is 0 Å². The van der Waals surface area contributed by atoms with E-state index in [9.17, 15) is 0 Å². The van der Waals surface area contributed by atoms with Crippen LogP contribution in [0.3, 0.4) is 0 Å². The van der Waals surface area contributed by atoms with Crippen molar-refractivity contribution in [3.63, 3.8) is 0 Å². The molecule has 9 heavy (non-hydrogen) atoms. The van der Waals surface area contributed by atoms with Crippen LogP contribution in [0.15, 0.2) is 10.9 Å². The van der Waals surface area contributed by atoms with E-state index < -0.39 is 0 Å². The van der Waals surface area contributed by atoms with E-state index >= 15 is 0 Å². The summed E-state index contributed by atoms with van der Waals surface area (Å²) >= 11 is 7.01. The fraction of sp³-hybridized carbons (Fsp3) is 0. The predicted molar refractivity (Wildman–Crippen MR) is 39.0 cm³/mol. The van der Waals surface area contributed by atoms with Gasteiger partial charge in [-0.15, -0.1) is 0 Å². The third kappa shape index (κ3) is 1.26. The number of rotatable bonds is 0. The van der Waals surface area contributed by atoms with Crippen LogP contribution in [0.25, 0.3) is 0 Å². The molecule has 1 aromatic heterocycles. The van der Waals surface area contributed by atoms with E-state index in [4.69, 9.17) is 5.26 Å². The normalized spacial score (nSPS) is 9.00. The number of thiol groups is 1. The molecule has 0 radical (unpaired) electrons. The fourth-order valence-corrected chi connectivity index (χ4v) is 0.850. The van der Waals surface area contributed by atoms with E-state index in [1.807, 2.05) is 6.07 Å². The van der Waals surface area contributed by atoms with Gasteiger partial charge in [0.15, 0.2) is 10.4 Å². The van der Waals surface area contributed by atoms with E-state index in [-0.39, 0.29) is 0 Å². The van der Waals surface area contributed by atoms with Crippen molar-refractivity contribution in [2.24, 2.45) is 0 Å². The highest BCUT2D eigenvalue weighted by atomic mass is 79.9. The minimum absolute atomic E-state index is 0.358. The predicted octanol–water partition coefficient (Wildman–Crippen LogP) is 1.21. The van der Waals surface area contributed by atoms with Gasteiger partial charge in [-0.25, -0.2) is 4.98 Å². The maximum atomic E-state index is 8.29. The quantitative estimate of drug-likeness (QED) is 0.645. The van der Waals surface area contributed by atoms with Gasteiger partial charge in [0, 0.05) is 0 Å². The smallest absolute Gasteiger partial charge is 0.188 e. The van der Waals surface area contributed by atoms with E-state index in [0.29, 0.717) is 10.4 Å². The largest absolute Gasteiger partial charge is 0.270 e. The minimum Gasteiger partial charge on any atom is -0.270 e. The van der Waals surface area contributed by atoms with Crippen LogP contribution < -0.4 is 0 Å². The Morgan fingerprint density at radius 1 is 1.89 bits per heavy atom. The Balaban J connectivity index is 3.16. The molecule has 0 bridgehead atoms. The van der Waals surface area contributed by atoms with Gasteiger partial charge < -0.3 is 0 Å². The molecule has 0 aromatic carbocycles. The van der Waals surface area contributed by atoms with Crippen LogP contribution in [0.4, 0.5) is 0 Å². The minimum atomic E-state index is 0.358. The van der Waals surface area contributed by atoms with Gasteiger partial charge in [0.25, 0.3) is 0 Å². The Morgan fingerprint density at radius 2 is 2.56 bits per heavy atom. The lowest BCUT2D eigenvalue weighted by atomic mass is 10.6. The van der Waals surface area contributed by atoms with Crippen LogP contribution in [-0.4, -0.2) is 8.96 Å². The Hall–Kier alpha value is -0.470.